The third-order valence-corrected chi connectivity index (χ3v) is 4.08. The molecule has 1 aromatic carbocycles. The smallest absolute Gasteiger partial charge is 0.398 e. The first-order chi connectivity index (χ1) is 9.78. The van der Waals surface area contributed by atoms with Gasteiger partial charge in [-0.1, -0.05) is 11.3 Å². The van der Waals surface area contributed by atoms with Gasteiger partial charge in [0.25, 0.3) is 0 Å². The van der Waals surface area contributed by atoms with E-state index in [2.05, 4.69) is 10.3 Å². The average Bonchev–Trinajstić information content (AvgIpc) is 2.93. The molecule has 1 fully saturated rings. The van der Waals surface area contributed by atoms with E-state index in [9.17, 15) is 4.39 Å². The molecule has 0 N–H and O–H groups in total. The highest BCUT2D eigenvalue weighted by Crippen LogP contribution is 2.36. The zero-order valence-corrected chi connectivity index (χ0v) is 12.5. The molecule has 0 saturated carbocycles. The molecule has 1 saturated heterocycles. The van der Waals surface area contributed by atoms with E-state index >= 15 is 0 Å². The van der Waals surface area contributed by atoms with Crippen molar-refractivity contribution < 1.29 is 13.7 Å². The Morgan fingerprint density at radius 3 is 2.43 bits per heavy atom. The molecule has 7 heteroatoms. The fraction of sp³-hybridized carbons (Fsp3) is 0.429. The van der Waals surface area contributed by atoms with Crippen LogP contribution in [0.4, 0.5) is 4.39 Å². The summed E-state index contributed by atoms with van der Waals surface area (Å²) in [6.07, 6.45) is 1.69. The monoisotopic (exact) mass is 289 g/mol. The number of halogens is 1. The molecule has 3 rings (SSSR count). The number of benzene rings is 1. The number of hydrogen-bond acceptors (Lipinski definition) is 4. The van der Waals surface area contributed by atoms with Gasteiger partial charge in [-0.15, -0.1) is 5.10 Å². The van der Waals surface area contributed by atoms with Gasteiger partial charge in [-0.3, -0.25) is 0 Å². The van der Waals surface area contributed by atoms with Crippen molar-refractivity contribution in [3.63, 3.8) is 0 Å². The fourth-order valence-corrected chi connectivity index (χ4v) is 2.09. The predicted octanol–water partition coefficient (Wildman–Crippen LogP) is 1.71. The summed E-state index contributed by atoms with van der Waals surface area (Å²) in [6.45, 7) is 7.90. The highest BCUT2D eigenvalue weighted by atomic mass is 19.1. The minimum absolute atomic E-state index is 0.319. The molecule has 0 radical (unpaired) electrons. The summed E-state index contributed by atoms with van der Waals surface area (Å²) in [5.41, 5.74) is 0.309. The van der Waals surface area contributed by atoms with Crippen LogP contribution in [0.5, 0.6) is 0 Å². The van der Waals surface area contributed by atoms with Crippen LogP contribution in [0.15, 0.2) is 30.5 Å². The van der Waals surface area contributed by atoms with Crippen LogP contribution in [0.25, 0.3) is 5.69 Å². The molecule has 1 aliphatic heterocycles. The maximum atomic E-state index is 13.3. The Balaban J connectivity index is 1.87. The molecule has 0 aliphatic carbocycles. The second kappa shape index (κ2) is 4.64. The molecule has 0 bridgehead atoms. The van der Waals surface area contributed by atoms with Crippen LogP contribution in [0.2, 0.25) is 0 Å². The Hall–Kier alpha value is -1.73. The van der Waals surface area contributed by atoms with Crippen LogP contribution in [0.3, 0.4) is 0 Å². The third-order valence-electron chi connectivity index (χ3n) is 4.08. The number of nitrogens with zero attached hydrogens (tertiary/aromatic N) is 3. The van der Waals surface area contributed by atoms with Gasteiger partial charge >= 0.3 is 7.12 Å². The summed E-state index contributed by atoms with van der Waals surface area (Å²) in [5.74, 6) is -0.319. The maximum absolute atomic E-state index is 13.3. The Morgan fingerprint density at radius 1 is 1.14 bits per heavy atom. The molecular formula is C14H17BFN3O2. The molecule has 2 heterocycles. The summed E-state index contributed by atoms with van der Waals surface area (Å²) in [4.78, 5) is 0. The Morgan fingerprint density at radius 2 is 1.81 bits per heavy atom. The second-order valence-corrected chi connectivity index (χ2v) is 6.16. The van der Waals surface area contributed by atoms with Gasteiger partial charge in [0.1, 0.15) is 11.4 Å². The maximum Gasteiger partial charge on any atom is 0.518 e. The van der Waals surface area contributed by atoms with Crippen molar-refractivity contribution >= 4 is 12.7 Å². The molecule has 0 spiro atoms. The first-order valence-corrected chi connectivity index (χ1v) is 6.82. The van der Waals surface area contributed by atoms with Crippen molar-refractivity contribution in [1.82, 2.24) is 15.0 Å². The molecule has 110 valence electrons. The molecule has 21 heavy (non-hydrogen) atoms. The first-order valence-electron chi connectivity index (χ1n) is 6.82. The molecule has 0 amide bonds. The molecule has 1 aliphatic rings. The SMILES string of the molecule is CC1(C)OB(c2cn(-c3cccc(F)c3)nn2)OC1(C)C. The summed E-state index contributed by atoms with van der Waals surface area (Å²) in [5, 5.41) is 8.08. The quantitative estimate of drug-likeness (QED) is 0.790. The van der Waals surface area contributed by atoms with Gasteiger partial charge in [-0.05, 0) is 45.9 Å². The minimum Gasteiger partial charge on any atom is -0.398 e. The lowest BCUT2D eigenvalue weighted by Crippen LogP contribution is -2.41. The van der Waals surface area contributed by atoms with Gasteiger partial charge in [0.05, 0.1) is 23.1 Å². The van der Waals surface area contributed by atoms with Gasteiger partial charge < -0.3 is 9.31 Å². The average molecular weight is 289 g/mol. The number of rotatable bonds is 2. The summed E-state index contributed by atoms with van der Waals surface area (Å²) < 4.78 is 26.6. The fourth-order valence-electron chi connectivity index (χ4n) is 2.09. The molecule has 0 atom stereocenters. The molecule has 2 aromatic rings. The van der Waals surface area contributed by atoms with E-state index in [4.69, 9.17) is 9.31 Å². The van der Waals surface area contributed by atoms with Crippen molar-refractivity contribution in [2.75, 3.05) is 0 Å². The van der Waals surface area contributed by atoms with E-state index in [1.807, 2.05) is 27.7 Å². The Bertz CT molecular complexity index is 656. The lowest BCUT2D eigenvalue weighted by Gasteiger charge is -2.32. The second-order valence-electron chi connectivity index (χ2n) is 6.16. The summed E-state index contributed by atoms with van der Waals surface area (Å²) >= 11 is 0. The van der Waals surface area contributed by atoms with E-state index in [0.717, 1.165) is 0 Å². The first kappa shape index (κ1) is 14.2. The van der Waals surface area contributed by atoms with Gasteiger partial charge in [-0.25, -0.2) is 9.07 Å². The van der Waals surface area contributed by atoms with Crippen molar-refractivity contribution in [3.8, 4) is 5.69 Å². The van der Waals surface area contributed by atoms with E-state index in [-0.39, 0.29) is 5.82 Å². The normalized spacial score (nSPS) is 20.0. The zero-order chi connectivity index (χ0) is 15.3. The minimum atomic E-state index is -0.572. The van der Waals surface area contributed by atoms with Crippen LogP contribution < -0.4 is 5.59 Å². The van der Waals surface area contributed by atoms with Crippen LogP contribution in [-0.2, 0) is 9.31 Å². The molecule has 5 nitrogen and oxygen atoms in total. The van der Waals surface area contributed by atoms with Crippen molar-refractivity contribution in [1.29, 1.82) is 0 Å². The van der Waals surface area contributed by atoms with E-state index in [1.165, 1.54) is 16.8 Å². The van der Waals surface area contributed by atoms with Crippen LogP contribution in [-0.4, -0.2) is 33.3 Å². The van der Waals surface area contributed by atoms with Gasteiger partial charge in [0, 0.05) is 0 Å². The summed E-state index contributed by atoms with van der Waals surface area (Å²) in [6, 6.07) is 6.16. The number of hydrogen-bond donors (Lipinski definition) is 0. The molecule has 0 unspecified atom stereocenters. The lowest BCUT2D eigenvalue weighted by atomic mass is 9.86. The van der Waals surface area contributed by atoms with Crippen molar-refractivity contribution in [2.45, 2.75) is 38.9 Å². The topological polar surface area (TPSA) is 49.2 Å². The molecule has 1 aromatic heterocycles. The van der Waals surface area contributed by atoms with Crippen LogP contribution >= 0.6 is 0 Å². The van der Waals surface area contributed by atoms with Crippen molar-refractivity contribution in [2.24, 2.45) is 0 Å². The van der Waals surface area contributed by atoms with Crippen molar-refractivity contribution in [3.05, 3.63) is 36.3 Å². The van der Waals surface area contributed by atoms with E-state index in [1.54, 1.807) is 18.3 Å². The number of aromatic nitrogens is 3. The molecular weight excluding hydrogens is 272 g/mol. The van der Waals surface area contributed by atoms with Crippen LogP contribution in [0, 0.1) is 5.82 Å². The van der Waals surface area contributed by atoms with Gasteiger partial charge in [0.2, 0.25) is 0 Å². The zero-order valence-electron chi connectivity index (χ0n) is 12.5. The van der Waals surface area contributed by atoms with Gasteiger partial charge in [-0.2, -0.15) is 0 Å². The largest absolute Gasteiger partial charge is 0.518 e. The summed E-state index contributed by atoms with van der Waals surface area (Å²) in [7, 11) is -0.572. The highest BCUT2D eigenvalue weighted by molar-refractivity contribution is 6.61. The Labute approximate surface area is 123 Å². The van der Waals surface area contributed by atoms with E-state index in [0.29, 0.717) is 11.3 Å². The Kier molecular flexibility index (Phi) is 3.14. The predicted molar refractivity (Wildman–Crippen MR) is 77.0 cm³/mol. The van der Waals surface area contributed by atoms with Gasteiger partial charge in [0.15, 0.2) is 0 Å². The van der Waals surface area contributed by atoms with Crippen LogP contribution in [0.1, 0.15) is 27.7 Å². The van der Waals surface area contributed by atoms with E-state index < -0.39 is 18.3 Å². The standard InChI is InChI=1S/C14H17BFN3O2/c1-13(2)14(3,4)21-15(20-13)12-9-19(18-17-12)11-7-5-6-10(16)8-11/h5-9H,1-4H3. The third kappa shape index (κ3) is 2.47. The highest BCUT2D eigenvalue weighted by Gasteiger charge is 2.52. The lowest BCUT2D eigenvalue weighted by molar-refractivity contribution is 0.00578.